The summed E-state index contributed by atoms with van der Waals surface area (Å²) in [6, 6.07) is 5.13. The molecule has 0 radical (unpaired) electrons. The van der Waals surface area contributed by atoms with E-state index in [4.69, 9.17) is 40.5 Å². The summed E-state index contributed by atoms with van der Waals surface area (Å²) >= 11 is 18.5. The number of carbonyl (C=O) groups is 3. The highest BCUT2D eigenvalue weighted by atomic mass is 35.5. The number of aliphatic carboxylic acids is 1. The van der Waals surface area contributed by atoms with Gasteiger partial charge in [0, 0.05) is 25.9 Å². The van der Waals surface area contributed by atoms with E-state index in [0.29, 0.717) is 31.3 Å². The second-order valence-corrected chi connectivity index (χ2v) is 8.03. The molecule has 1 aromatic carbocycles. The predicted molar refractivity (Wildman–Crippen MR) is 111 cm³/mol. The molecule has 1 heterocycles. The molecular weight excluding hydrogens is 431 g/mol. The number of benzene rings is 1. The molecular formula is C17H16Cl2N2O4S2. The highest BCUT2D eigenvalue weighted by molar-refractivity contribution is 8.26. The Kier molecular flexibility index (Phi) is 8.09. The quantitative estimate of drug-likeness (QED) is 0.360. The third kappa shape index (κ3) is 6.21. The normalized spacial score (nSPS) is 15.5. The van der Waals surface area contributed by atoms with Gasteiger partial charge in [-0.05, 0) is 24.1 Å². The van der Waals surface area contributed by atoms with Crippen LogP contribution < -0.4 is 5.32 Å². The molecule has 0 bridgehead atoms. The first kappa shape index (κ1) is 21.7. The highest BCUT2D eigenvalue weighted by Crippen LogP contribution is 2.35. The van der Waals surface area contributed by atoms with Crippen LogP contribution in [0.15, 0.2) is 23.1 Å². The molecule has 2 N–H and O–H groups in total. The summed E-state index contributed by atoms with van der Waals surface area (Å²) in [5, 5.41) is 11.9. The number of carboxylic acid groups (broad SMARTS) is 1. The van der Waals surface area contributed by atoms with Gasteiger partial charge in [-0.15, -0.1) is 0 Å². The van der Waals surface area contributed by atoms with Crippen LogP contribution in [0.25, 0.3) is 6.08 Å². The Morgan fingerprint density at radius 1 is 1.30 bits per heavy atom. The fourth-order valence-corrected chi connectivity index (χ4v) is 3.90. The molecule has 1 aliphatic heterocycles. The molecule has 6 nitrogen and oxygen atoms in total. The van der Waals surface area contributed by atoms with Crippen LogP contribution in [0.2, 0.25) is 10.0 Å². The third-order valence-electron chi connectivity index (χ3n) is 3.59. The Morgan fingerprint density at radius 2 is 2.04 bits per heavy atom. The summed E-state index contributed by atoms with van der Waals surface area (Å²) in [5.74, 6) is -1.47. The van der Waals surface area contributed by atoms with Gasteiger partial charge < -0.3 is 10.4 Å². The zero-order chi connectivity index (χ0) is 20.0. The molecule has 0 saturated carbocycles. The first-order valence-electron chi connectivity index (χ1n) is 7.97. The SMILES string of the molecule is O=C(O)CCCNC(=O)CCN1C(=O)/C(=C/c2cccc(Cl)c2Cl)SC1=S. The van der Waals surface area contributed by atoms with Crippen molar-refractivity contribution in [3.05, 3.63) is 38.7 Å². The van der Waals surface area contributed by atoms with Crippen molar-refractivity contribution in [2.75, 3.05) is 13.1 Å². The number of nitrogens with zero attached hydrogens (tertiary/aromatic N) is 1. The Balaban J connectivity index is 1.92. The van der Waals surface area contributed by atoms with Crippen molar-refractivity contribution in [1.29, 1.82) is 0 Å². The minimum atomic E-state index is -0.909. The van der Waals surface area contributed by atoms with Crippen molar-refractivity contribution >= 4 is 75.4 Å². The Hall–Kier alpha value is -1.61. The van der Waals surface area contributed by atoms with Crippen LogP contribution in [-0.2, 0) is 14.4 Å². The number of amides is 2. The fourth-order valence-electron chi connectivity index (χ4n) is 2.24. The average Bonchev–Trinajstić information content (AvgIpc) is 2.87. The van der Waals surface area contributed by atoms with Crippen molar-refractivity contribution in [3.8, 4) is 0 Å². The van der Waals surface area contributed by atoms with E-state index in [-0.39, 0.29) is 37.7 Å². The zero-order valence-corrected chi connectivity index (χ0v) is 17.2. The summed E-state index contributed by atoms with van der Waals surface area (Å²) in [5.41, 5.74) is 0.612. The second kappa shape index (κ2) is 10.1. The minimum absolute atomic E-state index is 0.00810. The molecule has 2 rings (SSSR count). The number of rotatable bonds is 8. The Labute approximate surface area is 175 Å². The number of hydrogen-bond donors (Lipinski definition) is 2. The molecule has 1 aliphatic rings. The van der Waals surface area contributed by atoms with Crippen molar-refractivity contribution in [1.82, 2.24) is 10.2 Å². The summed E-state index contributed by atoms with van der Waals surface area (Å²) < 4.78 is 0.364. The van der Waals surface area contributed by atoms with E-state index in [1.54, 1.807) is 24.3 Å². The highest BCUT2D eigenvalue weighted by Gasteiger charge is 2.32. The maximum Gasteiger partial charge on any atom is 0.303 e. The summed E-state index contributed by atoms with van der Waals surface area (Å²) in [6.45, 7) is 0.423. The molecule has 0 atom stereocenters. The molecule has 27 heavy (non-hydrogen) atoms. The van der Waals surface area contributed by atoms with Gasteiger partial charge in [0.25, 0.3) is 5.91 Å². The van der Waals surface area contributed by atoms with Gasteiger partial charge in [-0.2, -0.15) is 0 Å². The van der Waals surface area contributed by atoms with Gasteiger partial charge in [-0.1, -0.05) is 59.3 Å². The van der Waals surface area contributed by atoms with Crippen molar-refractivity contribution < 1.29 is 19.5 Å². The molecule has 0 unspecified atom stereocenters. The first-order valence-corrected chi connectivity index (χ1v) is 9.95. The van der Waals surface area contributed by atoms with Crippen LogP contribution in [0.4, 0.5) is 0 Å². The molecule has 1 fully saturated rings. The van der Waals surface area contributed by atoms with E-state index < -0.39 is 5.97 Å². The van der Waals surface area contributed by atoms with Crippen molar-refractivity contribution in [2.24, 2.45) is 0 Å². The van der Waals surface area contributed by atoms with Crippen molar-refractivity contribution in [3.63, 3.8) is 0 Å². The number of hydrogen-bond acceptors (Lipinski definition) is 5. The van der Waals surface area contributed by atoms with E-state index in [1.807, 2.05) is 0 Å². The van der Waals surface area contributed by atoms with E-state index in [9.17, 15) is 14.4 Å². The Bertz CT molecular complexity index is 814. The number of thiocarbonyl (C=S) groups is 1. The maximum atomic E-state index is 12.5. The summed E-state index contributed by atoms with van der Waals surface area (Å²) in [7, 11) is 0. The van der Waals surface area contributed by atoms with E-state index in [1.165, 1.54) is 4.90 Å². The minimum Gasteiger partial charge on any atom is -0.481 e. The zero-order valence-electron chi connectivity index (χ0n) is 14.0. The van der Waals surface area contributed by atoms with Crippen LogP contribution in [-0.4, -0.2) is 45.2 Å². The first-order chi connectivity index (χ1) is 12.8. The van der Waals surface area contributed by atoms with E-state index in [2.05, 4.69) is 5.32 Å². The van der Waals surface area contributed by atoms with E-state index >= 15 is 0 Å². The third-order valence-corrected chi connectivity index (χ3v) is 5.81. The van der Waals surface area contributed by atoms with Gasteiger partial charge in [0.15, 0.2) is 0 Å². The van der Waals surface area contributed by atoms with Gasteiger partial charge >= 0.3 is 5.97 Å². The molecule has 2 amide bonds. The number of carbonyl (C=O) groups excluding carboxylic acids is 2. The van der Waals surface area contributed by atoms with E-state index in [0.717, 1.165) is 11.8 Å². The molecule has 10 heteroatoms. The second-order valence-electron chi connectivity index (χ2n) is 5.57. The molecule has 0 spiro atoms. The van der Waals surface area contributed by atoms with Crippen LogP contribution in [0.3, 0.4) is 0 Å². The summed E-state index contributed by atoms with van der Waals surface area (Å²) in [4.78, 5) is 36.6. The van der Waals surface area contributed by atoms with Crippen molar-refractivity contribution in [2.45, 2.75) is 19.3 Å². The lowest BCUT2D eigenvalue weighted by atomic mass is 10.2. The maximum absolute atomic E-state index is 12.5. The molecule has 0 aliphatic carbocycles. The van der Waals surface area contributed by atoms with Crippen LogP contribution >= 0.6 is 47.2 Å². The average molecular weight is 447 g/mol. The molecule has 144 valence electrons. The molecule has 1 saturated heterocycles. The molecule has 0 aromatic heterocycles. The van der Waals surface area contributed by atoms with Gasteiger partial charge in [-0.25, -0.2) is 0 Å². The van der Waals surface area contributed by atoms with Crippen LogP contribution in [0.5, 0.6) is 0 Å². The van der Waals surface area contributed by atoms with Gasteiger partial charge in [0.05, 0.1) is 15.0 Å². The van der Waals surface area contributed by atoms with Gasteiger partial charge in [0.1, 0.15) is 4.32 Å². The largest absolute Gasteiger partial charge is 0.481 e. The number of carboxylic acids is 1. The van der Waals surface area contributed by atoms with Crippen LogP contribution in [0, 0.1) is 0 Å². The smallest absolute Gasteiger partial charge is 0.303 e. The number of thioether (sulfide) groups is 1. The topological polar surface area (TPSA) is 86.7 Å². The Morgan fingerprint density at radius 3 is 2.74 bits per heavy atom. The monoisotopic (exact) mass is 446 g/mol. The lowest BCUT2D eigenvalue weighted by Gasteiger charge is -2.14. The fraction of sp³-hybridized carbons (Fsp3) is 0.294. The number of halogens is 2. The molecule has 1 aromatic rings. The standard InChI is InChI=1S/C17H16Cl2N2O4S2/c18-11-4-1-3-10(15(11)19)9-12-16(25)21(17(26)27-12)8-6-13(22)20-7-2-5-14(23)24/h1,3-4,9H,2,5-8H2,(H,20,22)(H,23,24)/b12-9-. The number of nitrogens with one attached hydrogen (secondary N) is 1. The van der Waals surface area contributed by atoms with Gasteiger partial charge in [-0.3, -0.25) is 19.3 Å². The lowest BCUT2D eigenvalue weighted by Crippen LogP contribution is -2.33. The summed E-state index contributed by atoms with van der Waals surface area (Å²) in [6.07, 6.45) is 2.04. The van der Waals surface area contributed by atoms with Crippen LogP contribution in [0.1, 0.15) is 24.8 Å². The lowest BCUT2D eigenvalue weighted by molar-refractivity contribution is -0.137. The van der Waals surface area contributed by atoms with Gasteiger partial charge in [0.2, 0.25) is 5.91 Å². The predicted octanol–water partition coefficient (Wildman–Crippen LogP) is 3.57.